The first-order valence-electron chi connectivity index (χ1n) is 4.93. The van der Waals surface area contributed by atoms with E-state index in [1.54, 1.807) is 0 Å². The van der Waals surface area contributed by atoms with Crippen molar-refractivity contribution in [3.63, 3.8) is 0 Å². The van der Waals surface area contributed by atoms with Crippen molar-refractivity contribution >= 4 is 29.4 Å². The predicted molar refractivity (Wildman–Crippen MR) is 64.1 cm³/mol. The fourth-order valence-corrected chi connectivity index (χ4v) is 3.15. The molecule has 1 atom stereocenters. The molecule has 0 fully saturated rings. The van der Waals surface area contributed by atoms with Gasteiger partial charge in [0.2, 0.25) is 0 Å². The molecule has 1 aromatic carbocycles. The standard InChI is InChI=1S/C13H10OS/c14-15-9-8-12-11-5-3-1-2-4-10(11)6-7-13(12)15/h1-8H,9H2. The van der Waals surface area contributed by atoms with Gasteiger partial charge in [0.1, 0.15) is 5.75 Å². The minimum absolute atomic E-state index is 0.660. The normalized spacial score (nSPS) is 21.3. The molecule has 0 aromatic heterocycles. The number of rotatable bonds is 0. The summed E-state index contributed by atoms with van der Waals surface area (Å²) in [6.45, 7) is 0. The second-order valence-corrected chi connectivity index (χ2v) is 5.07. The maximum atomic E-state index is 11.7. The van der Waals surface area contributed by atoms with Crippen LogP contribution in [0.2, 0.25) is 0 Å². The zero-order valence-corrected chi connectivity index (χ0v) is 8.96. The third-order valence-corrected chi connectivity index (χ3v) is 4.04. The molecular weight excluding hydrogens is 204 g/mol. The molecule has 0 amide bonds. The van der Waals surface area contributed by atoms with E-state index in [4.69, 9.17) is 0 Å². The monoisotopic (exact) mass is 214 g/mol. The minimum Gasteiger partial charge on any atom is -0.611 e. The summed E-state index contributed by atoms with van der Waals surface area (Å²) >= 11 is -0.825. The van der Waals surface area contributed by atoms with Crippen LogP contribution in [-0.4, -0.2) is 10.3 Å². The molecule has 0 N–H and O–H groups in total. The van der Waals surface area contributed by atoms with Crippen LogP contribution in [0.5, 0.6) is 0 Å². The molecule has 1 aromatic rings. The second kappa shape index (κ2) is 3.40. The third kappa shape index (κ3) is 1.37. The Morgan fingerprint density at radius 3 is 2.93 bits per heavy atom. The Labute approximate surface area is 91.3 Å². The highest BCUT2D eigenvalue weighted by Crippen LogP contribution is 2.11. The van der Waals surface area contributed by atoms with Gasteiger partial charge in [0.05, 0.1) is 0 Å². The first-order valence-corrected chi connectivity index (χ1v) is 6.25. The van der Waals surface area contributed by atoms with Crippen LogP contribution >= 0.6 is 0 Å². The fourth-order valence-electron chi connectivity index (χ4n) is 2.00. The highest BCUT2D eigenvalue weighted by molar-refractivity contribution is 7.92. The Morgan fingerprint density at radius 1 is 1.07 bits per heavy atom. The lowest BCUT2D eigenvalue weighted by Gasteiger charge is -2.03. The summed E-state index contributed by atoms with van der Waals surface area (Å²) in [5, 5.41) is 2.35. The molecular formula is C13H10OS. The molecule has 0 saturated carbocycles. The largest absolute Gasteiger partial charge is 0.611 e. The molecule has 0 saturated heterocycles. The van der Waals surface area contributed by atoms with Crippen LogP contribution in [0, 0.1) is 0 Å². The van der Waals surface area contributed by atoms with Crippen molar-refractivity contribution in [2.75, 3.05) is 5.75 Å². The molecule has 15 heavy (non-hydrogen) atoms. The summed E-state index contributed by atoms with van der Waals surface area (Å²) in [5.41, 5.74) is 1.20. The molecule has 1 nitrogen and oxygen atoms in total. The number of hydrogen-bond donors (Lipinski definition) is 0. The number of allylic oxidation sites excluding steroid dienone is 3. The molecule has 1 aliphatic heterocycles. The second-order valence-electron chi connectivity index (χ2n) is 3.61. The van der Waals surface area contributed by atoms with Crippen LogP contribution in [0.25, 0.3) is 18.2 Å². The van der Waals surface area contributed by atoms with E-state index < -0.39 is 11.2 Å². The topological polar surface area (TPSA) is 23.1 Å². The number of fused-ring (bicyclic) bond motifs is 3. The third-order valence-electron chi connectivity index (χ3n) is 2.73. The molecule has 74 valence electrons. The first-order chi connectivity index (χ1) is 7.36. The minimum atomic E-state index is -0.825. The van der Waals surface area contributed by atoms with Crippen molar-refractivity contribution in [2.24, 2.45) is 0 Å². The lowest BCUT2D eigenvalue weighted by atomic mass is 10.1. The van der Waals surface area contributed by atoms with Crippen LogP contribution in [0.4, 0.5) is 0 Å². The van der Waals surface area contributed by atoms with Gasteiger partial charge in [-0.3, -0.25) is 0 Å². The summed E-state index contributed by atoms with van der Waals surface area (Å²) in [7, 11) is 0. The van der Waals surface area contributed by atoms with Gasteiger partial charge in [-0.25, -0.2) is 0 Å². The average molecular weight is 214 g/mol. The zero-order valence-electron chi connectivity index (χ0n) is 8.14. The van der Waals surface area contributed by atoms with E-state index in [1.807, 2.05) is 30.4 Å². The molecule has 1 unspecified atom stereocenters. The lowest BCUT2D eigenvalue weighted by molar-refractivity contribution is 0.599. The molecule has 2 aliphatic rings. The van der Waals surface area contributed by atoms with Gasteiger partial charge >= 0.3 is 0 Å². The Balaban J connectivity index is 2.42. The van der Waals surface area contributed by atoms with Crippen molar-refractivity contribution in [2.45, 2.75) is 4.90 Å². The number of benzene rings is 1. The summed E-state index contributed by atoms with van der Waals surface area (Å²) in [4.78, 5) is 0.980. The predicted octanol–water partition coefficient (Wildman–Crippen LogP) is 0.952. The summed E-state index contributed by atoms with van der Waals surface area (Å²) in [6.07, 6.45) is 12.3. The van der Waals surface area contributed by atoms with E-state index >= 15 is 0 Å². The maximum absolute atomic E-state index is 11.7. The zero-order chi connectivity index (χ0) is 10.3. The molecule has 3 rings (SSSR count). The van der Waals surface area contributed by atoms with Gasteiger partial charge in [-0.15, -0.1) is 0 Å². The van der Waals surface area contributed by atoms with Gasteiger partial charge in [0.25, 0.3) is 0 Å². The van der Waals surface area contributed by atoms with Crippen LogP contribution < -0.4 is 10.4 Å². The Bertz CT molecular complexity index is 581. The fraction of sp³-hybridized carbons (Fsp3) is 0.0769. The van der Waals surface area contributed by atoms with E-state index in [0.29, 0.717) is 5.75 Å². The quantitative estimate of drug-likeness (QED) is 0.590. The Morgan fingerprint density at radius 2 is 2.00 bits per heavy atom. The highest BCUT2D eigenvalue weighted by Gasteiger charge is 2.18. The molecule has 1 heterocycles. The van der Waals surface area contributed by atoms with Crippen LogP contribution in [0.15, 0.2) is 35.3 Å². The lowest BCUT2D eigenvalue weighted by Crippen LogP contribution is -2.28. The van der Waals surface area contributed by atoms with Crippen molar-refractivity contribution in [1.29, 1.82) is 0 Å². The van der Waals surface area contributed by atoms with E-state index in [0.717, 1.165) is 10.1 Å². The van der Waals surface area contributed by atoms with Crippen molar-refractivity contribution in [1.82, 2.24) is 0 Å². The molecule has 2 heteroatoms. The van der Waals surface area contributed by atoms with Crippen LogP contribution in [-0.2, 0) is 11.2 Å². The van der Waals surface area contributed by atoms with Gasteiger partial charge in [-0.2, -0.15) is 0 Å². The van der Waals surface area contributed by atoms with Crippen molar-refractivity contribution in [3.05, 3.63) is 46.4 Å². The molecule has 0 bridgehead atoms. The van der Waals surface area contributed by atoms with Gasteiger partial charge in [-0.1, -0.05) is 30.4 Å². The summed E-state index contributed by atoms with van der Waals surface area (Å²) in [6, 6.07) is 4.03. The Hall–Kier alpha value is -1.25. The summed E-state index contributed by atoms with van der Waals surface area (Å²) in [5.74, 6) is 0.660. The smallest absolute Gasteiger partial charge is 0.160 e. The maximum Gasteiger partial charge on any atom is 0.160 e. The van der Waals surface area contributed by atoms with E-state index in [9.17, 15) is 4.55 Å². The van der Waals surface area contributed by atoms with Crippen molar-refractivity contribution in [3.8, 4) is 0 Å². The summed E-state index contributed by atoms with van der Waals surface area (Å²) < 4.78 is 11.7. The molecule has 0 radical (unpaired) electrons. The first kappa shape index (κ1) is 9.01. The van der Waals surface area contributed by atoms with Gasteiger partial charge in [-0.05, 0) is 40.2 Å². The number of hydrogen-bond acceptors (Lipinski definition) is 1. The van der Waals surface area contributed by atoms with Gasteiger partial charge in [0.15, 0.2) is 4.90 Å². The SMILES string of the molecule is [O-][S+]1CC=c2c1ccc1c2=CC=CC=C1. The average Bonchev–Trinajstić information content (AvgIpc) is 2.51. The van der Waals surface area contributed by atoms with Crippen LogP contribution in [0.3, 0.4) is 0 Å². The van der Waals surface area contributed by atoms with Gasteiger partial charge in [0, 0.05) is 5.22 Å². The van der Waals surface area contributed by atoms with E-state index in [2.05, 4.69) is 18.2 Å². The highest BCUT2D eigenvalue weighted by atomic mass is 32.2. The van der Waals surface area contributed by atoms with Crippen molar-refractivity contribution < 1.29 is 4.55 Å². The van der Waals surface area contributed by atoms with E-state index in [-0.39, 0.29) is 0 Å². The van der Waals surface area contributed by atoms with Crippen LogP contribution in [0.1, 0.15) is 5.56 Å². The Kier molecular flexibility index (Phi) is 2.04. The van der Waals surface area contributed by atoms with E-state index in [1.165, 1.54) is 10.8 Å². The van der Waals surface area contributed by atoms with Gasteiger partial charge < -0.3 is 4.55 Å². The molecule has 0 spiro atoms. The molecule has 1 aliphatic carbocycles.